The maximum atomic E-state index is 14.5. The summed E-state index contributed by atoms with van der Waals surface area (Å²) < 4.78 is 18.4. The van der Waals surface area contributed by atoms with Gasteiger partial charge in [0, 0.05) is 25.3 Å². The smallest absolute Gasteiger partial charge is 0.223 e. The first kappa shape index (κ1) is 21.8. The predicted molar refractivity (Wildman–Crippen MR) is 120 cm³/mol. The lowest BCUT2D eigenvalue weighted by Gasteiger charge is -2.30. The van der Waals surface area contributed by atoms with Gasteiger partial charge in [-0.05, 0) is 44.2 Å². The average Bonchev–Trinajstić information content (AvgIpc) is 3.20. The fraction of sp³-hybridized carbons (Fsp3) is 0.318. The molecule has 0 radical (unpaired) electrons. The number of imidazole rings is 1. The molecule has 1 saturated heterocycles. The van der Waals surface area contributed by atoms with Gasteiger partial charge >= 0.3 is 0 Å². The van der Waals surface area contributed by atoms with Crippen LogP contribution in [-0.4, -0.2) is 49.2 Å². The molecule has 8 nitrogen and oxygen atoms in total. The molecule has 1 N–H and O–H groups in total. The molecule has 0 atom stereocenters. The van der Waals surface area contributed by atoms with E-state index in [0.29, 0.717) is 23.2 Å². The molecule has 2 aromatic heterocycles. The minimum absolute atomic E-state index is 0.242. The SMILES string of the molecule is CSN1CCC(Nc2ncc(C#N)c(-c3cn(-c4ccc(C#N)cc4F)c(C)n3)n2)CC1. The Balaban J connectivity index is 1.64. The average molecular weight is 449 g/mol. The van der Waals surface area contributed by atoms with Crippen molar-refractivity contribution in [2.45, 2.75) is 25.8 Å². The van der Waals surface area contributed by atoms with E-state index in [1.54, 1.807) is 35.7 Å². The van der Waals surface area contributed by atoms with E-state index in [4.69, 9.17) is 5.26 Å². The third kappa shape index (κ3) is 4.42. The van der Waals surface area contributed by atoms with E-state index >= 15 is 0 Å². The first-order chi connectivity index (χ1) is 15.5. The number of aryl methyl sites for hydroxylation is 1. The normalized spacial score (nSPS) is 14.7. The van der Waals surface area contributed by atoms with Gasteiger partial charge in [0.15, 0.2) is 0 Å². The number of nitriles is 2. The minimum atomic E-state index is -0.529. The number of anilines is 1. The Kier molecular flexibility index (Phi) is 6.35. The second-order valence-corrected chi connectivity index (χ2v) is 8.30. The number of piperidine rings is 1. The summed E-state index contributed by atoms with van der Waals surface area (Å²) in [6.45, 7) is 3.72. The van der Waals surface area contributed by atoms with E-state index in [2.05, 4.69) is 36.9 Å². The molecule has 32 heavy (non-hydrogen) atoms. The second-order valence-electron chi connectivity index (χ2n) is 7.42. The van der Waals surface area contributed by atoms with Crippen LogP contribution in [0.1, 0.15) is 29.8 Å². The number of nitrogens with zero attached hydrogens (tertiary/aromatic N) is 7. The molecular weight excluding hydrogens is 427 g/mol. The van der Waals surface area contributed by atoms with Crippen molar-refractivity contribution in [1.29, 1.82) is 10.5 Å². The Morgan fingerprint density at radius 2 is 1.97 bits per heavy atom. The fourth-order valence-electron chi connectivity index (χ4n) is 3.70. The summed E-state index contributed by atoms with van der Waals surface area (Å²) in [4.78, 5) is 13.4. The Hall–Kier alpha value is -3.47. The zero-order valence-electron chi connectivity index (χ0n) is 17.7. The van der Waals surface area contributed by atoms with Crippen molar-refractivity contribution < 1.29 is 4.39 Å². The number of aromatic nitrogens is 4. The Morgan fingerprint density at radius 1 is 1.19 bits per heavy atom. The number of hydrogen-bond donors (Lipinski definition) is 1. The Morgan fingerprint density at radius 3 is 2.62 bits per heavy atom. The van der Waals surface area contributed by atoms with Crippen LogP contribution in [0.2, 0.25) is 0 Å². The fourth-order valence-corrected chi connectivity index (χ4v) is 4.27. The molecule has 1 aliphatic heterocycles. The monoisotopic (exact) mass is 448 g/mol. The highest BCUT2D eigenvalue weighted by Crippen LogP contribution is 2.26. The summed E-state index contributed by atoms with van der Waals surface area (Å²) in [7, 11) is 0. The molecule has 0 bridgehead atoms. The number of hydrogen-bond acceptors (Lipinski definition) is 8. The molecule has 10 heteroatoms. The van der Waals surface area contributed by atoms with Crippen LogP contribution in [0.3, 0.4) is 0 Å². The topological polar surface area (TPSA) is 106 Å². The van der Waals surface area contributed by atoms with E-state index in [-0.39, 0.29) is 22.9 Å². The number of halogens is 1. The third-order valence-electron chi connectivity index (χ3n) is 5.42. The molecule has 0 spiro atoms. The van der Waals surface area contributed by atoms with Gasteiger partial charge in [0.1, 0.15) is 29.1 Å². The Bertz CT molecular complexity index is 1220. The summed E-state index contributed by atoms with van der Waals surface area (Å²) in [6.07, 6.45) is 7.16. The van der Waals surface area contributed by atoms with E-state index in [1.165, 1.54) is 18.3 Å². The van der Waals surface area contributed by atoms with Crippen molar-refractivity contribution in [3.8, 4) is 29.2 Å². The molecule has 0 aliphatic carbocycles. The molecule has 162 valence electrons. The van der Waals surface area contributed by atoms with Crippen molar-refractivity contribution in [3.05, 3.63) is 53.4 Å². The highest BCUT2D eigenvalue weighted by atomic mass is 32.2. The van der Waals surface area contributed by atoms with Crippen LogP contribution in [0.25, 0.3) is 17.1 Å². The first-order valence-corrected chi connectivity index (χ1v) is 11.3. The highest BCUT2D eigenvalue weighted by molar-refractivity contribution is 7.96. The lowest BCUT2D eigenvalue weighted by atomic mass is 10.1. The second kappa shape index (κ2) is 9.35. The maximum absolute atomic E-state index is 14.5. The molecule has 1 aliphatic rings. The largest absolute Gasteiger partial charge is 0.351 e. The van der Waals surface area contributed by atoms with Crippen molar-refractivity contribution in [2.24, 2.45) is 0 Å². The predicted octanol–water partition coefficient (Wildman–Crippen LogP) is 3.67. The van der Waals surface area contributed by atoms with Crippen LogP contribution in [0.15, 0.2) is 30.6 Å². The lowest BCUT2D eigenvalue weighted by molar-refractivity contribution is 0.358. The summed E-state index contributed by atoms with van der Waals surface area (Å²) in [5.41, 5.74) is 1.64. The zero-order chi connectivity index (χ0) is 22.7. The zero-order valence-corrected chi connectivity index (χ0v) is 18.5. The van der Waals surface area contributed by atoms with Gasteiger partial charge in [-0.2, -0.15) is 10.5 Å². The quantitative estimate of drug-likeness (QED) is 0.589. The van der Waals surface area contributed by atoms with Gasteiger partial charge in [-0.15, -0.1) is 0 Å². The number of rotatable bonds is 5. The van der Waals surface area contributed by atoms with Crippen molar-refractivity contribution >= 4 is 17.9 Å². The molecule has 1 fully saturated rings. The van der Waals surface area contributed by atoms with Crippen molar-refractivity contribution in [3.63, 3.8) is 0 Å². The van der Waals surface area contributed by atoms with E-state index in [0.717, 1.165) is 25.9 Å². The number of nitrogens with one attached hydrogen (secondary N) is 1. The molecule has 4 rings (SSSR count). The van der Waals surface area contributed by atoms with Gasteiger partial charge in [-0.1, -0.05) is 11.9 Å². The molecule has 3 aromatic rings. The van der Waals surface area contributed by atoms with Crippen molar-refractivity contribution in [1.82, 2.24) is 23.8 Å². The van der Waals surface area contributed by atoms with Crippen LogP contribution in [0.4, 0.5) is 10.3 Å². The summed E-state index contributed by atoms with van der Waals surface area (Å²) in [5.74, 6) is 0.446. The summed E-state index contributed by atoms with van der Waals surface area (Å²) in [6, 6.07) is 8.56. The van der Waals surface area contributed by atoms with E-state index in [9.17, 15) is 9.65 Å². The highest BCUT2D eigenvalue weighted by Gasteiger charge is 2.21. The standard InChI is InChI=1S/C22H21FN8S/c1-14-27-19(13-31(14)20-4-3-15(10-24)9-18(20)23)21-16(11-25)12-26-22(29-21)28-17-5-7-30(32-2)8-6-17/h3-4,9,12-13,17H,5-8H2,1-2H3,(H,26,28,29). The third-order valence-corrected chi connectivity index (χ3v) is 6.30. The molecular formula is C22H21FN8S. The molecule has 1 aromatic carbocycles. The first-order valence-electron chi connectivity index (χ1n) is 10.1. The lowest BCUT2D eigenvalue weighted by Crippen LogP contribution is -2.35. The Labute approximate surface area is 189 Å². The number of benzene rings is 1. The molecule has 0 unspecified atom stereocenters. The summed E-state index contributed by atoms with van der Waals surface area (Å²) >= 11 is 1.75. The van der Waals surface area contributed by atoms with Gasteiger partial charge in [0.25, 0.3) is 0 Å². The molecule has 0 amide bonds. The minimum Gasteiger partial charge on any atom is -0.351 e. The van der Waals surface area contributed by atoms with Gasteiger partial charge in [-0.3, -0.25) is 4.31 Å². The van der Waals surface area contributed by atoms with Crippen LogP contribution in [0.5, 0.6) is 0 Å². The van der Waals surface area contributed by atoms with Crippen LogP contribution < -0.4 is 5.32 Å². The van der Waals surface area contributed by atoms with Crippen LogP contribution >= 0.6 is 11.9 Å². The summed E-state index contributed by atoms with van der Waals surface area (Å²) in [5, 5.41) is 21.9. The van der Waals surface area contributed by atoms with Crippen LogP contribution in [0, 0.1) is 35.4 Å². The van der Waals surface area contributed by atoms with Gasteiger partial charge in [-0.25, -0.2) is 19.3 Å². The van der Waals surface area contributed by atoms with Gasteiger partial charge in [0.2, 0.25) is 5.95 Å². The van der Waals surface area contributed by atoms with E-state index < -0.39 is 5.82 Å². The van der Waals surface area contributed by atoms with Gasteiger partial charge < -0.3 is 9.88 Å². The molecule has 3 heterocycles. The van der Waals surface area contributed by atoms with Gasteiger partial charge in [0.05, 0.1) is 29.1 Å². The van der Waals surface area contributed by atoms with Crippen molar-refractivity contribution in [2.75, 3.05) is 24.7 Å². The molecule has 0 saturated carbocycles. The maximum Gasteiger partial charge on any atom is 0.223 e. The van der Waals surface area contributed by atoms with E-state index in [1.807, 2.05) is 6.07 Å². The van der Waals surface area contributed by atoms with Crippen LogP contribution in [-0.2, 0) is 0 Å².